The minimum atomic E-state index is -3.59. The Morgan fingerprint density at radius 2 is 1.84 bits per heavy atom. The number of carbonyl (C=O) groups excluding carboxylic acids is 1. The molecule has 1 amide bonds. The highest BCUT2D eigenvalue weighted by Gasteiger charge is 2.22. The van der Waals surface area contributed by atoms with Crippen LogP contribution in [0.5, 0.6) is 0 Å². The average Bonchev–Trinajstić information content (AvgIpc) is 2.29. The van der Waals surface area contributed by atoms with E-state index in [1.165, 1.54) is 37.2 Å². The molecule has 106 valence electrons. The number of hydrogen-bond acceptors (Lipinski definition) is 3. The Balaban J connectivity index is 2.95. The summed E-state index contributed by atoms with van der Waals surface area (Å²) in [5.41, 5.74) is 0.236. The van der Waals surface area contributed by atoms with Crippen LogP contribution in [0, 0.1) is 5.82 Å². The van der Waals surface area contributed by atoms with Crippen LogP contribution >= 0.6 is 0 Å². The van der Waals surface area contributed by atoms with Gasteiger partial charge in [0.25, 0.3) is 0 Å². The average molecular weight is 288 g/mol. The first-order valence-electron chi connectivity index (χ1n) is 5.60. The molecule has 1 aromatic rings. The molecule has 0 saturated carbocycles. The van der Waals surface area contributed by atoms with Gasteiger partial charge in [0.15, 0.2) is 0 Å². The van der Waals surface area contributed by atoms with E-state index in [4.69, 9.17) is 0 Å². The van der Waals surface area contributed by atoms with Crippen LogP contribution in [-0.2, 0) is 21.4 Å². The van der Waals surface area contributed by atoms with Crippen molar-refractivity contribution in [2.45, 2.75) is 6.54 Å². The molecule has 0 aliphatic rings. The van der Waals surface area contributed by atoms with Gasteiger partial charge in [0, 0.05) is 26.2 Å². The highest BCUT2D eigenvalue weighted by molar-refractivity contribution is 7.88. The van der Waals surface area contributed by atoms with E-state index in [-0.39, 0.29) is 24.6 Å². The van der Waals surface area contributed by atoms with E-state index in [2.05, 4.69) is 0 Å². The molecule has 0 aromatic heterocycles. The van der Waals surface area contributed by atoms with Crippen molar-refractivity contribution in [2.75, 3.05) is 26.9 Å². The van der Waals surface area contributed by atoms with Crippen molar-refractivity contribution in [3.05, 3.63) is 35.6 Å². The van der Waals surface area contributed by atoms with Gasteiger partial charge in [-0.1, -0.05) is 18.2 Å². The molecule has 7 heteroatoms. The number of rotatable bonds is 5. The van der Waals surface area contributed by atoms with Gasteiger partial charge in [-0.15, -0.1) is 0 Å². The van der Waals surface area contributed by atoms with Crippen LogP contribution in [0.4, 0.5) is 4.39 Å². The Bertz CT molecular complexity index is 558. The molecule has 1 rings (SSSR count). The van der Waals surface area contributed by atoms with Gasteiger partial charge < -0.3 is 4.90 Å². The second-order valence-electron chi connectivity index (χ2n) is 4.41. The first-order chi connectivity index (χ1) is 8.71. The Morgan fingerprint density at radius 1 is 1.26 bits per heavy atom. The topological polar surface area (TPSA) is 57.7 Å². The fourth-order valence-corrected chi connectivity index (χ4v) is 2.12. The van der Waals surface area contributed by atoms with Gasteiger partial charge in [0.05, 0.1) is 12.8 Å². The molecule has 0 atom stereocenters. The van der Waals surface area contributed by atoms with E-state index in [1.807, 2.05) is 0 Å². The zero-order valence-corrected chi connectivity index (χ0v) is 11.9. The molecule has 0 aliphatic heterocycles. The molecule has 0 radical (unpaired) electrons. The third kappa shape index (κ3) is 4.60. The van der Waals surface area contributed by atoms with Gasteiger partial charge in [-0.3, -0.25) is 4.79 Å². The van der Waals surface area contributed by atoms with E-state index in [9.17, 15) is 17.6 Å². The third-order valence-corrected chi connectivity index (χ3v) is 3.78. The normalized spacial score (nSPS) is 11.6. The minimum absolute atomic E-state index is 0.162. The Kier molecular flexibility index (Phi) is 5.02. The van der Waals surface area contributed by atoms with Crippen molar-refractivity contribution in [2.24, 2.45) is 0 Å². The molecule has 19 heavy (non-hydrogen) atoms. The molecule has 0 saturated heterocycles. The van der Waals surface area contributed by atoms with Gasteiger partial charge in [-0.05, 0) is 6.07 Å². The first kappa shape index (κ1) is 15.6. The van der Waals surface area contributed by atoms with Crippen LogP contribution < -0.4 is 0 Å². The second kappa shape index (κ2) is 6.12. The summed E-state index contributed by atoms with van der Waals surface area (Å²) < 4.78 is 37.7. The summed E-state index contributed by atoms with van der Waals surface area (Å²) in [5.74, 6) is -0.852. The molecule has 0 fully saturated rings. The lowest BCUT2D eigenvalue weighted by molar-refractivity contribution is -0.128. The molecule has 0 unspecified atom stereocenters. The van der Waals surface area contributed by atoms with Crippen LogP contribution in [0.3, 0.4) is 0 Å². The summed E-state index contributed by atoms with van der Waals surface area (Å²) in [4.78, 5) is 12.9. The lowest BCUT2D eigenvalue weighted by atomic mass is 10.2. The fourth-order valence-electron chi connectivity index (χ4n) is 1.40. The number of amides is 1. The molecule has 0 N–H and O–H groups in total. The fraction of sp³-hybridized carbons (Fsp3) is 0.417. The van der Waals surface area contributed by atoms with E-state index in [0.29, 0.717) is 0 Å². The summed E-state index contributed by atoms with van der Waals surface area (Å²) >= 11 is 0. The maximum atomic E-state index is 13.5. The number of likely N-dealkylation sites (N-methyl/N-ethyl adjacent to an activating group) is 1. The Hall–Kier alpha value is -1.47. The van der Waals surface area contributed by atoms with Gasteiger partial charge in [-0.25, -0.2) is 12.8 Å². The molecule has 0 bridgehead atoms. The predicted molar refractivity (Wildman–Crippen MR) is 70.3 cm³/mol. The zero-order chi connectivity index (χ0) is 14.6. The van der Waals surface area contributed by atoms with E-state index in [1.54, 1.807) is 6.07 Å². The maximum absolute atomic E-state index is 13.5. The first-order valence-corrected chi connectivity index (χ1v) is 7.45. The standard InChI is InChI=1S/C12H17FN2O3S/c1-14(2)12(16)9-15(19(3,17)18)8-10-6-4-5-7-11(10)13/h4-7H,8-9H2,1-3H3. The highest BCUT2D eigenvalue weighted by atomic mass is 32.2. The number of halogens is 1. The van der Waals surface area contributed by atoms with Crippen LogP contribution in [0.1, 0.15) is 5.56 Å². The van der Waals surface area contributed by atoms with Crippen molar-refractivity contribution in [3.63, 3.8) is 0 Å². The van der Waals surface area contributed by atoms with E-state index >= 15 is 0 Å². The van der Waals surface area contributed by atoms with Gasteiger partial charge in [0.1, 0.15) is 5.82 Å². The lowest BCUT2D eigenvalue weighted by Crippen LogP contribution is -2.39. The minimum Gasteiger partial charge on any atom is -0.348 e. The summed E-state index contributed by atoms with van der Waals surface area (Å²) in [7, 11) is -0.522. The predicted octanol–water partition coefficient (Wildman–Crippen LogP) is 0.675. The van der Waals surface area contributed by atoms with Gasteiger partial charge in [0.2, 0.25) is 15.9 Å². The van der Waals surface area contributed by atoms with Crippen molar-refractivity contribution >= 4 is 15.9 Å². The summed E-state index contributed by atoms with van der Waals surface area (Å²) in [5, 5.41) is 0. The highest BCUT2D eigenvalue weighted by Crippen LogP contribution is 2.12. The second-order valence-corrected chi connectivity index (χ2v) is 6.39. The van der Waals surface area contributed by atoms with Crippen molar-refractivity contribution in [1.82, 2.24) is 9.21 Å². The molecular weight excluding hydrogens is 271 g/mol. The van der Waals surface area contributed by atoms with Gasteiger partial charge in [-0.2, -0.15) is 4.31 Å². The van der Waals surface area contributed by atoms with Crippen LogP contribution in [0.25, 0.3) is 0 Å². The molecule has 0 heterocycles. The third-order valence-electron chi connectivity index (χ3n) is 2.58. The number of sulfonamides is 1. The number of hydrogen-bond donors (Lipinski definition) is 0. The van der Waals surface area contributed by atoms with Crippen molar-refractivity contribution < 1.29 is 17.6 Å². The van der Waals surface area contributed by atoms with Crippen LogP contribution in [-0.4, -0.2) is 50.4 Å². The quantitative estimate of drug-likeness (QED) is 0.800. The molecule has 1 aromatic carbocycles. The Morgan fingerprint density at radius 3 is 2.32 bits per heavy atom. The van der Waals surface area contributed by atoms with E-state index in [0.717, 1.165) is 10.6 Å². The van der Waals surface area contributed by atoms with E-state index < -0.39 is 15.8 Å². The SMILES string of the molecule is CN(C)C(=O)CN(Cc1ccccc1F)S(C)(=O)=O. The summed E-state index contributed by atoms with van der Waals surface area (Å²) in [6.07, 6.45) is 0.997. The van der Waals surface area contributed by atoms with Crippen molar-refractivity contribution in [3.8, 4) is 0 Å². The van der Waals surface area contributed by atoms with Crippen LogP contribution in [0.2, 0.25) is 0 Å². The monoisotopic (exact) mass is 288 g/mol. The summed E-state index contributed by atoms with van der Waals surface area (Å²) in [6.45, 7) is -0.467. The molecule has 0 spiro atoms. The molecule has 5 nitrogen and oxygen atoms in total. The van der Waals surface area contributed by atoms with Crippen molar-refractivity contribution in [1.29, 1.82) is 0 Å². The number of benzene rings is 1. The maximum Gasteiger partial charge on any atom is 0.237 e. The summed E-state index contributed by atoms with van der Waals surface area (Å²) in [6, 6.07) is 5.89. The molecular formula is C12H17FN2O3S. The van der Waals surface area contributed by atoms with Crippen LogP contribution in [0.15, 0.2) is 24.3 Å². The lowest BCUT2D eigenvalue weighted by Gasteiger charge is -2.21. The number of nitrogens with zero attached hydrogens (tertiary/aromatic N) is 2. The zero-order valence-electron chi connectivity index (χ0n) is 11.1. The smallest absolute Gasteiger partial charge is 0.237 e. The Labute approximate surface area is 112 Å². The largest absolute Gasteiger partial charge is 0.348 e. The number of carbonyl (C=O) groups is 1. The van der Waals surface area contributed by atoms with Gasteiger partial charge >= 0.3 is 0 Å². The molecule has 0 aliphatic carbocycles.